The van der Waals surface area contributed by atoms with Crippen molar-refractivity contribution in [2.45, 2.75) is 6.18 Å². The molecule has 0 saturated carbocycles. The third-order valence-corrected chi connectivity index (χ3v) is 2.60. The van der Waals surface area contributed by atoms with E-state index in [0.717, 1.165) is 0 Å². The van der Waals surface area contributed by atoms with Gasteiger partial charge in [0.1, 0.15) is 10.4 Å². The molecule has 0 unspecified atom stereocenters. The molecule has 0 radical (unpaired) electrons. The van der Waals surface area contributed by atoms with Crippen molar-refractivity contribution >= 4 is 12.2 Å². The van der Waals surface area contributed by atoms with Crippen molar-refractivity contribution in [3.05, 3.63) is 40.8 Å². The number of benzene rings is 1. The van der Waals surface area contributed by atoms with Crippen LogP contribution >= 0.6 is 12.2 Å². The van der Waals surface area contributed by atoms with E-state index in [1.807, 2.05) is 0 Å². The number of nitrogens with zero attached hydrogens (tertiary/aromatic N) is 1. The van der Waals surface area contributed by atoms with Crippen LogP contribution in [0.3, 0.4) is 0 Å². The summed E-state index contributed by atoms with van der Waals surface area (Å²) in [4.78, 5) is 5.51. The van der Waals surface area contributed by atoms with Crippen molar-refractivity contribution in [3.63, 3.8) is 0 Å². The number of H-pyrrole nitrogens is 1. The third kappa shape index (κ3) is 3.11. The van der Waals surface area contributed by atoms with Crippen molar-refractivity contribution in [3.8, 4) is 17.0 Å². The second kappa shape index (κ2) is 5.00. The lowest BCUT2D eigenvalue weighted by Gasteiger charge is -2.09. The Bertz CT molecular complexity index is 652. The largest absolute Gasteiger partial charge is 0.497 e. The Morgan fingerprint density at radius 3 is 2.63 bits per heavy atom. The van der Waals surface area contributed by atoms with E-state index in [-0.39, 0.29) is 10.3 Å². The van der Waals surface area contributed by atoms with Gasteiger partial charge in [-0.05, 0) is 18.2 Å². The molecular weight excluding hydrogens is 277 g/mol. The second-order valence-electron chi connectivity index (χ2n) is 3.71. The van der Waals surface area contributed by atoms with Gasteiger partial charge >= 0.3 is 6.18 Å². The summed E-state index contributed by atoms with van der Waals surface area (Å²) in [5.74, 6) is -0.569. The average molecular weight is 286 g/mol. The number of rotatable bonds is 2. The Morgan fingerprint density at radius 1 is 1.26 bits per heavy atom. The molecule has 2 aromatic rings. The predicted octanol–water partition coefficient (Wildman–Crippen LogP) is 3.83. The Kier molecular flexibility index (Phi) is 3.57. The first-order chi connectivity index (χ1) is 8.90. The fourth-order valence-electron chi connectivity index (χ4n) is 1.54. The van der Waals surface area contributed by atoms with E-state index in [1.54, 1.807) is 24.3 Å². The zero-order chi connectivity index (χ0) is 14.0. The normalized spacial score (nSPS) is 11.4. The molecule has 0 atom stereocenters. The highest BCUT2D eigenvalue weighted by Crippen LogP contribution is 2.29. The van der Waals surface area contributed by atoms with Gasteiger partial charge in [-0.3, -0.25) is 0 Å². The molecule has 1 heterocycles. The summed E-state index contributed by atoms with van der Waals surface area (Å²) >= 11 is 4.75. The highest BCUT2D eigenvalue weighted by molar-refractivity contribution is 7.71. The maximum Gasteiger partial charge on any atom is 0.449 e. The summed E-state index contributed by atoms with van der Waals surface area (Å²) in [6, 6.07) is 8.02. The molecule has 2 rings (SSSR count). The smallest absolute Gasteiger partial charge is 0.449 e. The van der Waals surface area contributed by atoms with Gasteiger partial charge in [-0.2, -0.15) is 13.2 Å². The number of hydrogen-bond acceptors (Lipinski definition) is 3. The fourth-order valence-corrected chi connectivity index (χ4v) is 1.75. The fraction of sp³-hybridized carbons (Fsp3) is 0.167. The molecule has 0 amide bonds. The van der Waals surface area contributed by atoms with Gasteiger partial charge in [0.2, 0.25) is 5.82 Å². The number of halogens is 3. The molecule has 1 N–H and O–H groups in total. The van der Waals surface area contributed by atoms with Gasteiger partial charge in [0.05, 0.1) is 12.8 Å². The Hall–Kier alpha value is -1.89. The predicted molar refractivity (Wildman–Crippen MR) is 66.4 cm³/mol. The first-order valence-corrected chi connectivity index (χ1v) is 5.64. The number of aromatic amines is 1. The quantitative estimate of drug-likeness (QED) is 0.852. The molecule has 0 aliphatic carbocycles. The van der Waals surface area contributed by atoms with Crippen LogP contribution in [0.25, 0.3) is 11.3 Å². The maximum absolute atomic E-state index is 12.6. The molecule has 7 heteroatoms. The van der Waals surface area contributed by atoms with Crippen molar-refractivity contribution in [2.24, 2.45) is 0 Å². The molecule has 0 bridgehead atoms. The van der Waals surface area contributed by atoms with Gasteiger partial charge in [0, 0.05) is 5.56 Å². The van der Waals surface area contributed by atoms with E-state index in [1.165, 1.54) is 13.2 Å². The summed E-state index contributed by atoms with van der Waals surface area (Å²) < 4.78 is 42.8. The standard InChI is InChI=1S/C12H9F3N2OS/c1-18-8-4-2-3-7(5-8)9-6-10(19)17-11(16-9)12(13,14)15/h2-6H,1H3,(H,16,17,19). The van der Waals surface area contributed by atoms with Gasteiger partial charge in [-0.1, -0.05) is 24.4 Å². The number of hydrogen-bond donors (Lipinski definition) is 1. The monoisotopic (exact) mass is 286 g/mol. The number of methoxy groups -OCH3 is 1. The molecule has 0 spiro atoms. The molecule has 0 fully saturated rings. The lowest BCUT2D eigenvalue weighted by atomic mass is 10.1. The minimum absolute atomic E-state index is 0.121. The zero-order valence-electron chi connectivity index (χ0n) is 9.78. The van der Waals surface area contributed by atoms with Crippen LogP contribution < -0.4 is 4.74 Å². The Labute approximate surface area is 112 Å². The first-order valence-electron chi connectivity index (χ1n) is 5.23. The second-order valence-corrected chi connectivity index (χ2v) is 4.13. The molecule has 19 heavy (non-hydrogen) atoms. The molecule has 0 aliphatic heterocycles. The number of aromatic nitrogens is 2. The van der Waals surface area contributed by atoms with E-state index in [0.29, 0.717) is 11.3 Å². The topological polar surface area (TPSA) is 37.9 Å². The van der Waals surface area contributed by atoms with E-state index in [9.17, 15) is 13.2 Å². The molecule has 3 nitrogen and oxygen atoms in total. The van der Waals surface area contributed by atoms with Crippen LogP contribution in [0.4, 0.5) is 13.2 Å². The van der Waals surface area contributed by atoms with Crippen LogP contribution in [0.2, 0.25) is 0 Å². The summed E-state index contributed by atoms with van der Waals surface area (Å²) in [6.07, 6.45) is -4.57. The summed E-state index contributed by atoms with van der Waals surface area (Å²) in [5, 5.41) is 0. The molecule has 0 saturated heterocycles. The lowest BCUT2D eigenvalue weighted by Crippen LogP contribution is -2.11. The average Bonchev–Trinajstić information content (AvgIpc) is 2.37. The van der Waals surface area contributed by atoms with Crippen LogP contribution in [-0.2, 0) is 6.18 Å². The summed E-state index contributed by atoms with van der Waals surface area (Å²) in [6.45, 7) is 0. The number of alkyl halides is 3. The lowest BCUT2D eigenvalue weighted by molar-refractivity contribution is -0.144. The highest BCUT2D eigenvalue weighted by Gasteiger charge is 2.34. The van der Waals surface area contributed by atoms with Gasteiger partial charge in [0.25, 0.3) is 0 Å². The van der Waals surface area contributed by atoms with E-state index < -0.39 is 12.0 Å². The van der Waals surface area contributed by atoms with E-state index in [4.69, 9.17) is 17.0 Å². The van der Waals surface area contributed by atoms with Crippen molar-refractivity contribution in [1.29, 1.82) is 0 Å². The van der Waals surface area contributed by atoms with Gasteiger partial charge in [0.15, 0.2) is 0 Å². The minimum atomic E-state index is -4.57. The van der Waals surface area contributed by atoms with Gasteiger partial charge in [-0.25, -0.2) is 4.98 Å². The third-order valence-electron chi connectivity index (χ3n) is 2.39. The molecule has 0 aliphatic rings. The van der Waals surface area contributed by atoms with Crippen LogP contribution in [0.1, 0.15) is 5.82 Å². The Morgan fingerprint density at radius 2 is 2.00 bits per heavy atom. The molecule has 1 aromatic heterocycles. The summed E-state index contributed by atoms with van der Waals surface area (Å²) in [5.41, 5.74) is 0.782. The van der Waals surface area contributed by atoms with Crippen LogP contribution in [-0.4, -0.2) is 17.1 Å². The van der Waals surface area contributed by atoms with Crippen LogP contribution in [0, 0.1) is 4.64 Å². The molecular formula is C12H9F3N2OS. The molecule has 100 valence electrons. The van der Waals surface area contributed by atoms with Crippen LogP contribution in [0.15, 0.2) is 30.3 Å². The van der Waals surface area contributed by atoms with Crippen molar-refractivity contribution in [2.75, 3.05) is 7.11 Å². The Balaban J connectivity index is 2.56. The first kappa shape index (κ1) is 13.5. The van der Waals surface area contributed by atoms with Crippen LogP contribution in [0.5, 0.6) is 5.75 Å². The SMILES string of the molecule is COc1cccc(-c2cc(=S)nc(C(F)(F)F)[nH]2)c1. The van der Waals surface area contributed by atoms with Gasteiger partial charge < -0.3 is 9.72 Å². The van der Waals surface area contributed by atoms with Gasteiger partial charge in [-0.15, -0.1) is 0 Å². The zero-order valence-corrected chi connectivity index (χ0v) is 10.6. The van der Waals surface area contributed by atoms with E-state index >= 15 is 0 Å². The van der Waals surface area contributed by atoms with Crippen molar-refractivity contribution < 1.29 is 17.9 Å². The summed E-state index contributed by atoms with van der Waals surface area (Å²) in [7, 11) is 1.48. The number of ether oxygens (including phenoxy) is 1. The number of nitrogens with one attached hydrogen (secondary N) is 1. The minimum Gasteiger partial charge on any atom is -0.497 e. The highest BCUT2D eigenvalue weighted by atomic mass is 32.1. The van der Waals surface area contributed by atoms with E-state index in [2.05, 4.69) is 9.97 Å². The molecule has 1 aromatic carbocycles. The van der Waals surface area contributed by atoms with Crippen molar-refractivity contribution in [1.82, 2.24) is 9.97 Å². The maximum atomic E-state index is 12.6.